The van der Waals surface area contributed by atoms with Gasteiger partial charge < -0.3 is 4.74 Å². The minimum Gasteiger partial charge on any atom is -0.437 e. The van der Waals surface area contributed by atoms with Crippen molar-refractivity contribution in [2.45, 2.75) is 6.92 Å². The van der Waals surface area contributed by atoms with Crippen LogP contribution < -0.4 is 4.74 Å². The first-order chi connectivity index (χ1) is 10.2. The summed E-state index contributed by atoms with van der Waals surface area (Å²) in [6.45, 7) is 1.86. The number of ether oxygens (including phenoxy) is 1. The molecule has 0 bridgehead atoms. The molecule has 21 heavy (non-hydrogen) atoms. The molecule has 0 fully saturated rings. The van der Waals surface area contributed by atoms with E-state index in [0.717, 1.165) is 16.5 Å². The van der Waals surface area contributed by atoms with Crippen LogP contribution in [0, 0.1) is 18.3 Å². The summed E-state index contributed by atoms with van der Waals surface area (Å²) in [6.07, 6.45) is 0. The molecule has 3 nitrogen and oxygen atoms in total. The fraction of sp³-hybridized carbons (Fsp3) is 0.0588. The molecule has 0 radical (unpaired) electrons. The number of aromatic nitrogens is 1. The third kappa shape index (κ3) is 2.54. The summed E-state index contributed by atoms with van der Waals surface area (Å²) in [5, 5.41) is 11.6. The van der Waals surface area contributed by atoms with Crippen molar-refractivity contribution >= 4 is 22.4 Å². The second-order valence-corrected chi connectivity index (χ2v) is 5.02. The van der Waals surface area contributed by atoms with E-state index in [1.54, 1.807) is 24.3 Å². The molecule has 102 valence electrons. The molecule has 2 aromatic carbocycles. The lowest BCUT2D eigenvalue weighted by atomic mass is 10.1. The number of fused-ring (bicyclic) bond motifs is 1. The normalized spacial score (nSPS) is 10.3. The van der Waals surface area contributed by atoms with Crippen LogP contribution in [0.5, 0.6) is 11.6 Å². The van der Waals surface area contributed by atoms with Crippen LogP contribution in [-0.4, -0.2) is 4.98 Å². The molecular formula is C17H11ClN2O. The van der Waals surface area contributed by atoms with E-state index in [1.807, 2.05) is 31.2 Å². The van der Waals surface area contributed by atoms with Crippen LogP contribution in [0.1, 0.15) is 11.3 Å². The molecule has 0 aliphatic rings. The van der Waals surface area contributed by atoms with Gasteiger partial charge >= 0.3 is 0 Å². The van der Waals surface area contributed by atoms with Crippen molar-refractivity contribution in [2.24, 2.45) is 0 Å². The van der Waals surface area contributed by atoms with Gasteiger partial charge in [0, 0.05) is 21.5 Å². The monoisotopic (exact) mass is 294 g/mol. The van der Waals surface area contributed by atoms with E-state index < -0.39 is 0 Å². The van der Waals surface area contributed by atoms with E-state index in [9.17, 15) is 0 Å². The van der Waals surface area contributed by atoms with E-state index in [4.69, 9.17) is 21.6 Å². The average molecular weight is 295 g/mol. The SMILES string of the molecule is Cc1ccc(C#N)c(Oc2ccc(Cl)c3ccccc23)n1. The van der Waals surface area contributed by atoms with Gasteiger partial charge in [-0.25, -0.2) is 4.98 Å². The first kappa shape index (κ1) is 13.4. The average Bonchev–Trinajstić information content (AvgIpc) is 2.51. The summed E-state index contributed by atoms with van der Waals surface area (Å²) in [5.74, 6) is 0.939. The Labute approximate surface area is 127 Å². The second-order valence-electron chi connectivity index (χ2n) is 4.61. The first-order valence-electron chi connectivity index (χ1n) is 6.42. The number of halogens is 1. The maximum absolute atomic E-state index is 9.15. The van der Waals surface area contributed by atoms with Gasteiger partial charge in [-0.2, -0.15) is 5.26 Å². The summed E-state index contributed by atoms with van der Waals surface area (Å²) >= 11 is 6.19. The van der Waals surface area contributed by atoms with E-state index in [2.05, 4.69) is 11.1 Å². The van der Waals surface area contributed by atoms with Gasteiger partial charge in [-0.15, -0.1) is 0 Å². The highest BCUT2D eigenvalue weighted by molar-refractivity contribution is 6.35. The molecule has 3 rings (SSSR count). The fourth-order valence-electron chi connectivity index (χ4n) is 2.12. The Morgan fingerprint density at radius 3 is 2.57 bits per heavy atom. The molecule has 4 heteroatoms. The number of hydrogen-bond donors (Lipinski definition) is 0. The number of pyridine rings is 1. The fourth-order valence-corrected chi connectivity index (χ4v) is 2.35. The highest BCUT2D eigenvalue weighted by Gasteiger charge is 2.10. The smallest absolute Gasteiger partial charge is 0.237 e. The van der Waals surface area contributed by atoms with E-state index in [0.29, 0.717) is 22.2 Å². The number of nitrogens with zero attached hydrogens (tertiary/aromatic N) is 2. The largest absolute Gasteiger partial charge is 0.437 e. The zero-order valence-electron chi connectivity index (χ0n) is 11.3. The molecule has 3 aromatic rings. The van der Waals surface area contributed by atoms with Crippen molar-refractivity contribution in [2.75, 3.05) is 0 Å². The molecular weight excluding hydrogens is 284 g/mol. The summed E-state index contributed by atoms with van der Waals surface area (Å²) in [7, 11) is 0. The molecule has 0 aliphatic heterocycles. The zero-order valence-corrected chi connectivity index (χ0v) is 12.1. The summed E-state index contributed by atoms with van der Waals surface area (Å²) in [5.41, 5.74) is 1.20. The minimum absolute atomic E-state index is 0.310. The van der Waals surface area contributed by atoms with E-state index in [-0.39, 0.29) is 0 Å². The predicted molar refractivity (Wildman–Crippen MR) is 82.7 cm³/mol. The van der Waals surface area contributed by atoms with Gasteiger partial charge in [0.1, 0.15) is 17.4 Å². The van der Waals surface area contributed by atoms with Gasteiger partial charge in [-0.05, 0) is 31.2 Å². The van der Waals surface area contributed by atoms with Crippen molar-refractivity contribution < 1.29 is 4.74 Å². The Morgan fingerprint density at radius 2 is 1.81 bits per heavy atom. The molecule has 0 amide bonds. The Kier molecular flexibility index (Phi) is 3.47. The summed E-state index contributed by atoms with van der Waals surface area (Å²) < 4.78 is 5.86. The number of benzene rings is 2. The summed E-state index contributed by atoms with van der Waals surface area (Å²) in [6, 6.07) is 16.8. The maximum atomic E-state index is 9.15. The molecule has 0 N–H and O–H groups in total. The molecule has 0 aliphatic carbocycles. The van der Waals surface area contributed by atoms with Gasteiger partial charge in [-0.3, -0.25) is 0 Å². The van der Waals surface area contributed by atoms with Crippen molar-refractivity contribution in [3.8, 4) is 17.7 Å². The summed E-state index contributed by atoms with van der Waals surface area (Å²) in [4.78, 5) is 4.29. The molecule has 1 aromatic heterocycles. The van der Waals surface area contributed by atoms with Gasteiger partial charge in [0.15, 0.2) is 0 Å². The zero-order chi connectivity index (χ0) is 14.8. The minimum atomic E-state index is 0.310. The van der Waals surface area contributed by atoms with Crippen LogP contribution in [0.25, 0.3) is 10.8 Å². The molecule has 0 spiro atoms. The quantitative estimate of drug-likeness (QED) is 0.678. The van der Waals surface area contributed by atoms with Crippen LogP contribution in [0.3, 0.4) is 0 Å². The maximum Gasteiger partial charge on any atom is 0.237 e. The van der Waals surface area contributed by atoms with Crippen LogP contribution in [0.15, 0.2) is 48.5 Å². The predicted octanol–water partition coefficient (Wildman–Crippen LogP) is 4.86. The number of aryl methyl sites for hydroxylation is 1. The molecule has 0 atom stereocenters. The number of hydrogen-bond acceptors (Lipinski definition) is 3. The van der Waals surface area contributed by atoms with E-state index >= 15 is 0 Å². The van der Waals surface area contributed by atoms with Crippen LogP contribution in [0.2, 0.25) is 5.02 Å². The topological polar surface area (TPSA) is 45.9 Å². The molecule has 0 unspecified atom stereocenters. The van der Waals surface area contributed by atoms with Gasteiger partial charge in [0.05, 0.1) is 0 Å². The van der Waals surface area contributed by atoms with Gasteiger partial charge in [0.2, 0.25) is 5.88 Å². The van der Waals surface area contributed by atoms with Gasteiger partial charge in [-0.1, -0.05) is 35.9 Å². The second kappa shape index (κ2) is 5.43. The van der Waals surface area contributed by atoms with Crippen molar-refractivity contribution in [3.05, 3.63) is 64.8 Å². The Bertz CT molecular complexity index is 868. The standard InChI is InChI=1S/C17H11ClN2O/c1-11-6-7-12(10-19)17(20-11)21-16-9-8-15(18)13-4-2-3-5-14(13)16/h2-9H,1H3. The van der Waals surface area contributed by atoms with Crippen LogP contribution in [-0.2, 0) is 0 Å². The lowest BCUT2D eigenvalue weighted by Crippen LogP contribution is -1.94. The first-order valence-corrected chi connectivity index (χ1v) is 6.79. The third-order valence-electron chi connectivity index (χ3n) is 3.16. The molecule has 1 heterocycles. The van der Waals surface area contributed by atoms with Gasteiger partial charge in [0.25, 0.3) is 0 Å². The Morgan fingerprint density at radius 1 is 1.05 bits per heavy atom. The van der Waals surface area contributed by atoms with Crippen molar-refractivity contribution in [1.82, 2.24) is 4.98 Å². The van der Waals surface area contributed by atoms with Crippen molar-refractivity contribution in [3.63, 3.8) is 0 Å². The van der Waals surface area contributed by atoms with Crippen LogP contribution in [0.4, 0.5) is 0 Å². The highest BCUT2D eigenvalue weighted by atomic mass is 35.5. The Hall–Kier alpha value is -2.57. The number of rotatable bonds is 2. The van der Waals surface area contributed by atoms with Crippen LogP contribution >= 0.6 is 11.6 Å². The van der Waals surface area contributed by atoms with E-state index in [1.165, 1.54) is 0 Å². The lowest BCUT2D eigenvalue weighted by Gasteiger charge is -2.10. The number of nitriles is 1. The third-order valence-corrected chi connectivity index (χ3v) is 3.49. The van der Waals surface area contributed by atoms with Crippen molar-refractivity contribution in [1.29, 1.82) is 5.26 Å². The Balaban J connectivity index is 2.13. The lowest BCUT2D eigenvalue weighted by molar-refractivity contribution is 0.465. The molecule has 0 saturated heterocycles. The molecule has 0 saturated carbocycles. The highest BCUT2D eigenvalue weighted by Crippen LogP contribution is 2.34.